The second-order valence-electron chi connectivity index (χ2n) is 7.63. The second-order valence-corrected chi connectivity index (χ2v) is 8.25. The zero-order valence-corrected chi connectivity index (χ0v) is 18.5. The van der Waals surface area contributed by atoms with E-state index in [9.17, 15) is 14.4 Å². The first-order valence-electron chi connectivity index (χ1n) is 9.92. The van der Waals surface area contributed by atoms with Crippen LogP contribution in [0.3, 0.4) is 0 Å². The minimum Gasteiger partial charge on any atom is -0.497 e. The standard InChI is InChI=1S/C22H26BN2O4P/c1-29-16-6-2-5-15(20(30)11-16)12-24-19-8-3-7-17-18(19)13-25(21(17)28)22(23,14-27)9-4-10-26/h3,5-8,10-11,14,24H,2,4,9,12-13,23,30H2,1H3. The molecule has 0 saturated carbocycles. The molecule has 1 aliphatic carbocycles. The van der Waals surface area contributed by atoms with Crippen molar-refractivity contribution in [1.29, 1.82) is 0 Å². The van der Waals surface area contributed by atoms with Crippen LogP contribution in [-0.2, 0) is 20.9 Å². The van der Waals surface area contributed by atoms with Gasteiger partial charge in [-0.3, -0.25) is 4.79 Å². The van der Waals surface area contributed by atoms with Crippen molar-refractivity contribution in [1.82, 2.24) is 4.90 Å². The number of carbonyl (C=O) groups excluding carboxylic acids is 3. The normalized spacial score (nSPS) is 17.7. The van der Waals surface area contributed by atoms with E-state index in [1.807, 2.05) is 24.3 Å². The number of ether oxygens (including phenoxy) is 1. The van der Waals surface area contributed by atoms with Gasteiger partial charge in [0.25, 0.3) is 5.91 Å². The summed E-state index contributed by atoms with van der Waals surface area (Å²) >= 11 is 0. The lowest BCUT2D eigenvalue weighted by Crippen LogP contribution is -2.51. The van der Waals surface area contributed by atoms with Crippen molar-refractivity contribution in [2.75, 3.05) is 19.0 Å². The van der Waals surface area contributed by atoms with Gasteiger partial charge >= 0.3 is 0 Å². The highest BCUT2D eigenvalue weighted by atomic mass is 31.0. The summed E-state index contributed by atoms with van der Waals surface area (Å²) in [4.78, 5) is 37.2. The Labute approximate surface area is 180 Å². The summed E-state index contributed by atoms with van der Waals surface area (Å²) in [5.41, 5.74) is 2.47. The summed E-state index contributed by atoms with van der Waals surface area (Å²) in [5, 5.41) is 4.49. The number of aldehydes is 2. The van der Waals surface area contributed by atoms with Crippen LogP contribution in [0.15, 0.2) is 53.1 Å². The van der Waals surface area contributed by atoms with Gasteiger partial charge in [0.1, 0.15) is 26.2 Å². The number of hydrogen-bond acceptors (Lipinski definition) is 5. The van der Waals surface area contributed by atoms with E-state index in [1.54, 1.807) is 25.9 Å². The number of benzene rings is 1. The Hall–Kier alpha value is -2.66. The van der Waals surface area contributed by atoms with Gasteiger partial charge in [-0.2, -0.15) is 0 Å². The SMILES string of the molecule is BC(C=O)(CCC=O)N1Cc2c(NCC3=CCC=C(OC)C=C3P)cccc2C1=O. The number of methoxy groups -OCH3 is 1. The molecule has 1 aromatic rings. The van der Waals surface area contributed by atoms with Crippen molar-refractivity contribution in [2.24, 2.45) is 0 Å². The van der Waals surface area contributed by atoms with E-state index in [0.717, 1.165) is 46.9 Å². The first-order valence-corrected chi connectivity index (χ1v) is 10.5. The lowest BCUT2D eigenvalue weighted by Gasteiger charge is -2.34. The van der Waals surface area contributed by atoms with E-state index in [4.69, 9.17) is 4.74 Å². The number of fused-ring (bicyclic) bond motifs is 1. The molecule has 156 valence electrons. The van der Waals surface area contributed by atoms with Crippen LogP contribution in [0.25, 0.3) is 0 Å². The van der Waals surface area contributed by atoms with E-state index in [1.165, 1.54) is 0 Å². The minimum absolute atomic E-state index is 0.177. The lowest BCUT2D eigenvalue weighted by molar-refractivity contribution is -0.114. The van der Waals surface area contributed by atoms with Crippen molar-refractivity contribution < 1.29 is 19.1 Å². The van der Waals surface area contributed by atoms with Crippen LogP contribution in [0.1, 0.15) is 35.2 Å². The largest absolute Gasteiger partial charge is 0.497 e. The van der Waals surface area contributed by atoms with E-state index >= 15 is 0 Å². The van der Waals surface area contributed by atoms with Crippen molar-refractivity contribution >= 4 is 41.3 Å². The number of allylic oxidation sites excluding steroid dienone is 3. The maximum Gasteiger partial charge on any atom is 0.254 e. The van der Waals surface area contributed by atoms with Gasteiger partial charge in [0.15, 0.2) is 0 Å². The molecule has 0 bridgehead atoms. The van der Waals surface area contributed by atoms with E-state index < -0.39 is 5.44 Å². The van der Waals surface area contributed by atoms with Gasteiger partial charge in [0.05, 0.1) is 12.5 Å². The Balaban J connectivity index is 1.79. The van der Waals surface area contributed by atoms with E-state index in [2.05, 4.69) is 20.6 Å². The molecular weight excluding hydrogens is 398 g/mol. The van der Waals surface area contributed by atoms with Crippen LogP contribution >= 0.6 is 9.24 Å². The molecule has 2 aliphatic rings. The highest BCUT2D eigenvalue weighted by Crippen LogP contribution is 2.34. The highest BCUT2D eigenvalue weighted by Gasteiger charge is 2.40. The number of rotatable bonds is 9. The van der Waals surface area contributed by atoms with Crippen molar-refractivity contribution in [3.8, 4) is 0 Å². The minimum atomic E-state index is -1.00. The van der Waals surface area contributed by atoms with Crippen molar-refractivity contribution in [2.45, 2.75) is 31.2 Å². The molecule has 2 unspecified atom stereocenters. The molecule has 8 heteroatoms. The third-order valence-electron chi connectivity index (χ3n) is 5.66. The van der Waals surface area contributed by atoms with Crippen LogP contribution in [0, 0.1) is 0 Å². The fourth-order valence-corrected chi connectivity index (χ4v) is 4.15. The molecule has 2 atom stereocenters. The summed E-state index contributed by atoms with van der Waals surface area (Å²) in [5.74, 6) is 0.653. The first kappa shape index (κ1) is 22.0. The number of carbonyl (C=O) groups is 3. The number of nitrogens with one attached hydrogen (secondary N) is 1. The number of amides is 1. The quantitative estimate of drug-likeness (QED) is 0.374. The maximum atomic E-state index is 13.0. The Morgan fingerprint density at radius 1 is 1.33 bits per heavy atom. The molecule has 30 heavy (non-hydrogen) atoms. The van der Waals surface area contributed by atoms with Crippen molar-refractivity contribution in [3.63, 3.8) is 0 Å². The Morgan fingerprint density at radius 3 is 2.83 bits per heavy atom. The van der Waals surface area contributed by atoms with Crippen LogP contribution in [0.2, 0.25) is 0 Å². The predicted octanol–water partition coefficient (Wildman–Crippen LogP) is 2.18. The van der Waals surface area contributed by atoms with Gasteiger partial charge in [0, 0.05) is 36.3 Å². The predicted molar refractivity (Wildman–Crippen MR) is 123 cm³/mol. The average molecular weight is 424 g/mol. The third-order valence-corrected chi connectivity index (χ3v) is 6.20. The molecule has 0 fully saturated rings. The van der Waals surface area contributed by atoms with Crippen LogP contribution < -0.4 is 5.32 Å². The second kappa shape index (κ2) is 9.44. The van der Waals surface area contributed by atoms with Gasteiger partial charge in [-0.1, -0.05) is 12.1 Å². The summed E-state index contributed by atoms with van der Waals surface area (Å²) in [7, 11) is 6.11. The molecule has 1 amide bonds. The zero-order chi connectivity index (χ0) is 21.7. The van der Waals surface area contributed by atoms with Gasteiger partial charge in [-0.15, -0.1) is 9.24 Å². The van der Waals surface area contributed by atoms with Crippen LogP contribution in [0.4, 0.5) is 5.69 Å². The molecule has 1 heterocycles. The van der Waals surface area contributed by atoms with Crippen LogP contribution in [0.5, 0.6) is 0 Å². The fourth-order valence-electron chi connectivity index (χ4n) is 3.77. The summed E-state index contributed by atoms with van der Waals surface area (Å²) in [6, 6.07) is 5.58. The first-order chi connectivity index (χ1) is 14.4. The molecule has 0 aromatic heterocycles. The Morgan fingerprint density at radius 2 is 2.13 bits per heavy atom. The summed E-state index contributed by atoms with van der Waals surface area (Å²) in [6.07, 6.45) is 9.02. The van der Waals surface area contributed by atoms with Crippen molar-refractivity contribution in [3.05, 3.63) is 64.2 Å². The van der Waals surface area contributed by atoms with Gasteiger partial charge in [-0.25, -0.2) is 0 Å². The zero-order valence-electron chi connectivity index (χ0n) is 17.3. The molecule has 1 aromatic carbocycles. The Kier molecular flexibility index (Phi) is 6.93. The molecule has 1 N–H and O–H groups in total. The molecule has 0 spiro atoms. The number of nitrogens with zero attached hydrogens (tertiary/aromatic N) is 1. The fraction of sp³-hybridized carbons (Fsp3) is 0.318. The Bertz CT molecular complexity index is 956. The topological polar surface area (TPSA) is 75.7 Å². The molecular formula is C22H26BN2O4P. The molecule has 6 nitrogen and oxygen atoms in total. The van der Waals surface area contributed by atoms with Crippen LogP contribution in [-0.4, -0.2) is 50.3 Å². The number of anilines is 1. The molecule has 3 rings (SSSR count). The molecule has 0 saturated heterocycles. The summed E-state index contributed by atoms with van der Waals surface area (Å²) < 4.78 is 5.33. The highest BCUT2D eigenvalue weighted by molar-refractivity contribution is 7.23. The van der Waals surface area contributed by atoms with Gasteiger partial charge in [0.2, 0.25) is 0 Å². The monoisotopic (exact) mass is 424 g/mol. The van der Waals surface area contributed by atoms with E-state index in [0.29, 0.717) is 25.1 Å². The maximum absolute atomic E-state index is 13.0. The number of hydrogen-bond donors (Lipinski definition) is 1. The average Bonchev–Trinajstić information content (AvgIpc) is 2.99. The van der Waals surface area contributed by atoms with E-state index in [-0.39, 0.29) is 12.3 Å². The smallest absolute Gasteiger partial charge is 0.254 e. The molecule has 0 radical (unpaired) electrons. The molecule has 1 aliphatic heterocycles. The lowest BCUT2D eigenvalue weighted by atomic mass is 9.74. The summed E-state index contributed by atoms with van der Waals surface area (Å²) in [6.45, 7) is 0.935. The van der Waals surface area contributed by atoms with Gasteiger partial charge < -0.3 is 24.5 Å². The third kappa shape index (κ3) is 4.41. The van der Waals surface area contributed by atoms with Gasteiger partial charge in [-0.05, 0) is 48.0 Å².